The molecule has 0 atom stereocenters. The summed E-state index contributed by atoms with van der Waals surface area (Å²) >= 11 is 0. The molecule has 2 N–H and O–H groups in total. The van der Waals surface area contributed by atoms with Gasteiger partial charge in [-0.05, 0) is 27.2 Å². The van der Waals surface area contributed by atoms with Crippen LogP contribution in [0.15, 0.2) is 12.4 Å². The lowest BCUT2D eigenvalue weighted by Gasteiger charge is -2.24. The van der Waals surface area contributed by atoms with Crippen LogP contribution in [0.5, 0.6) is 0 Å². The molecule has 0 aliphatic carbocycles. The molecule has 4 nitrogen and oxygen atoms in total. The highest BCUT2D eigenvalue weighted by Gasteiger charge is 2.13. The van der Waals surface area contributed by atoms with E-state index in [1.807, 2.05) is 19.3 Å². The predicted octanol–water partition coefficient (Wildman–Crippen LogP) is 2.19. The van der Waals surface area contributed by atoms with Gasteiger partial charge in [0, 0.05) is 36.6 Å². The van der Waals surface area contributed by atoms with E-state index in [2.05, 4.69) is 41.4 Å². The molecule has 1 aromatic heterocycles. The molecular formula is C12H22N4. The molecule has 0 spiro atoms. The van der Waals surface area contributed by atoms with Crippen molar-refractivity contribution in [3.63, 3.8) is 0 Å². The van der Waals surface area contributed by atoms with Crippen molar-refractivity contribution in [3.8, 4) is 0 Å². The standard InChI is InChI=1S/C12H22N4/c1-5-12(3,4)16-9-10-7-14-11(13-6-2)15-8-10/h7-8,16H,5-6,9H2,1-4H3,(H,13,14,15). The van der Waals surface area contributed by atoms with E-state index in [-0.39, 0.29) is 5.54 Å². The van der Waals surface area contributed by atoms with Gasteiger partial charge in [-0.15, -0.1) is 0 Å². The topological polar surface area (TPSA) is 49.8 Å². The summed E-state index contributed by atoms with van der Waals surface area (Å²) in [5, 5.41) is 6.55. The van der Waals surface area contributed by atoms with Crippen LogP contribution in [0.4, 0.5) is 5.95 Å². The summed E-state index contributed by atoms with van der Waals surface area (Å²) < 4.78 is 0. The SMILES string of the molecule is CCNc1ncc(CNC(C)(C)CC)cn1. The summed E-state index contributed by atoms with van der Waals surface area (Å²) in [4.78, 5) is 8.47. The third-order valence-corrected chi connectivity index (χ3v) is 2.70. The summed E-state index contributed by atoms with van der Waals surface area (Å²) in [6.07, 6.45) is 4.83. The second-order valence-corrected chi connectivity index (χ2v) is 4.54. The normalized spacial score (nSPS) is 11.5. The number of aromatic nitrogens is 2. The van der Waals surface area contributed by atoms with E-state index in [0.29, 0.717) is 5.95 Å². The van der Waals surface area contributed by atoms with Gasteiger partial charge < -0.3 is 10.6 Å². The summed E-state index contributed by atoms with van der Waals surface area (Å²) in [5.41, 5.74) is 1.28. The zero-order chi connectivity index (χ0) is 12.0. The summed E-state index contributed by atoms with van der Waals surface area (Å²) in [5.74, 6) is 0.695. The Kier molecular flexibility index (Phi) is 4.68. The molecule has 0 bridgehead atoms. The maximum atomic E-state index is 4.23. The van der Waals surface area contributed by atoms with Gasteiger partial charge in [0.05, 0.1) is 0 Å². The molecule has 0 aliphatic heterocycles. The van der Waals surface area contributed by atoms with Crippen LogP contribution in [0.1, 0.15) is 39.7 Å². The van der Waals surface area contributed by atoms with Gasteiger partial charge in [-0.25, -0.2) is 9.97 Å². The Morgan fingerprint density at radius 3 is 2.31 bits per heavy atom. The molecule has 0 aromatic carbocycles. The first-order valence-corrected chi connectivity index (χ1v) is 5.87. The van der Waals surface area contributed by atoms with Crippen molar-refractivity contribution in [3.05, 3.63) is 18.0 Å². The lowest BCUT2D eigenvalue weighted by atomic mass is 10.0. The van der Waals surface area contributed by atoms with Crippen molar-refractivity contribution in [2.24, 2.45) is 0 Å². The van der Waals surface area contributed by atoms with Crippen molar-refractivity contribution in [2.75, 3.05) is 11.9 Å². The molecule has 0 radical (unpaired) electrons. The summed E-state index contributed by atoms with van der Waals surface area (Å²) in [6, 6.07) is 0. The summed E-state index contributed by atoms with van der Waals surface area (Å²) in [6.45, 7) is 10.3. The van der Waals surface area contributed by atoms with E-state index < -0.39 is 0 Å². The molecule has 0 unspecified atom stereocenters. The molecule has 4 heteroatoms. The van der Waals surface area contributed by atoms with Gasteiger partial charge >= 0.3 is 0 Å². The first kappa shape index (κ1) is 12.9. The van der Waals surface area contributed by atoms with Gasteiger partial charge in [-0.1, -0.05) is 6.92 Å². The molecule has 16 heavy (non-hydrogen) atoms. The smallest absolute Gasteiger partial charge is 0.222 e. The molecule has 0 fully saturated rings. The summed E-state index contributed by atoms with van der Waals surface area (Å²) in [7, 11) is 0. The van der Waals surface area contributed by atoms with E-state index in [1.165, 1.54) is 0 Å². The molecule has 0 saturated carbocycles. The highest BCUT2D eigenvalue weighted by molar-refractivity contribution is 5.24. The van der Waals surface area contributed by atoms with Crippen molar-refractivity contribution in [1.82, 2.24) is 15.3 Å². The van der Waals surface area contributed by atoms with Crippen molar-refractivity contribution < 1.29 is 0 Å². The lowest BCUT2D eigenvalue weighted by molar-refractivity contribution is 0.374. The van der Waals surface area contributed by atoms with Gasteiger partial charge in [0.1, 0.15) is 0 Å². The number of hydrogen-bond acceptors (Lipinski definition) is 4. The fourth-order valence-corrected chi connectivity index (χ4v) is 1.16. The molecule has 0 aliphatic rings. The fourth-order valence-electron chi connectivity index (χ4n) is 1.16. The Hall–Kier alpha value is -1.16. The minimum Gasteiger partial charge on any atom is -0.355 e. The van der Waals surface area contributed by atoms with Gasteiger partial charge in [-0.3, -0.25) is 0 Å². The van der Waals surface area contributed by atoms with Crippen LogP contribution < -0.4 is 10.6 Å². The zero-order valence-corrected chi connectivity index (χ0v) is 10.7. The average Bonchev–Trinajstić information content (AvgIpc) is 2.29. The minimum absolute atomic E-state index is 0.167. The third-order valence-electron chi connectivity index (χ3n) is 2.70. The van der Waals surface area contributed by atoms with E-state index >= 15 is 0 Å². The Morgan fingerprint density at radius 1 is 1.19 bits per heavy atom. The number of nitrogens with zero attached hydrogens (tertiary/aromatic N) is 2. The largest absolute Gasteiger partial charge is 0.355 e. The van der Waals surface area contributed by atoms with Crippen LogP contribution in [-0.4, -0.2) is 22.1 Å². The van der Waals surface area contributed by atoms with Crippen LogP contribution >= 0.6 is 0 Å². The van der Waals surface area contributed by atoms with Gasteiger partial charge in [0.15, 0.2) is 0 Å². The van der Waals surface area contributed by atoms with Crippen LogP contribution in [0.2, 0.25) is 0 Å². The Balaban J connectivity index is 2.49. The predicted molar refractivity (Wildman–Crippen MR) is 67.4 cm³/mol. The van der Waals surface area contributed by atoms with Gasteiger partial charge in [0.25, 0.3) is 0 Å². The van der Waals surface area contributed by atoms with Crippen LogP contribution in [0.25, 0.3) is 0 Å². The highest BCUT2D eigenvalue weighted by atomic mass is 15.1. The zero-order valence-electron chi connectivity index (χ0n) is 10.7. The van der Waals surface area contributed by atoms with E-state index in [0.717, 1.165) is 25.1 Å². The quantitative estimate of drug-likeness (QED) is 0.774. The first-order chi connectivity index (χ1) is 7.57. The van der Waals surface area contributed by atoms with Crippen LogP contribution in [0, 0.1) is 0 Å². The molecule has 1 rings (SSSR count). The number of nitrogens with one attached hydrogen (secondary N) is 2. The third kappa shape index (κ3) is 4.14. The first-order valence-electron chi connectivity index (χ1n) is 5.87. The van der Waals surface area contributed by atoms with Gasteiger partial charge in [0.2, 0.25) is 5.95 Å². The molecule has 0 saturated heterocycles. The Labute approximate surface area is 97.9 Å². The van der Waals surface area contributed by atoms with Gasteiger partial charge in [-0.2, -0.15) is 0 Å². The Bertz CT molecular complexity index is 305. The second kappa shape index (κ2) is 5.80. The maximum absolute atomic E-state index is 4.23. The number of rotatable bonds is 6. The second-order valence-electron chi connectivity index (χ2n) is 4.54. The van der Waals surface area contributed by atoms with Crippen molar-refractivity contribution >= 4 is 5.95 Å². The number of hydrogen-bond donors (Lipinski definition) is 2. The molecular weight excluding hydrogens is 200 g/mol. The van der Waals surface area contributed by atoms with Crippen LogP contribution in [-0.2, 0) is 6.54 Å². The lowest BCUT2D eigenvalue weighted by Crippen LogP contribution is -2.37. The minimum atomic E-state index is 0.167. The van der Waals surface area contributed by atoms with E-state index in [4.69, 9.17) is 0 Å². The maximum Gasteiger partial charge on any atom is 0.222 e. The molecule has 1 heterocycles. The average molecular weight is 222 g/mol. The van der Waals surface area contributed by atoms with Crippen LogP contribution in [0.3, 0.4) is 0 Å². The molecule has 90 valence electrons. The van der Waals surface area contributed by atoms with Crippen molar-refractivity contribution in [2.45, 2.75) is 46.2 Å². The highest BCUT2D eigenvalue weighted by Crippen LogP contribution is 2.08. The molecule has 0 amide bonds. The van der Waals surface area contributed by atoms with E-state index in [1.54, 1.807) is 0 Å². The Morgan fingerprint density at radius 2 is 1.81 bits per heavy atom. The number of anilines is 1. The van der Waals surface area contributed by atoms with Crippen molar-refractivity contribution in [1.29, 1.82) is 0 Å². The fraction of sp³-hybridized carbons (Fsp3) is 0.667. The molecule has 1 aromatic rings. The van der Waals surface area contributed by atoms with E-state index in [9.17, 15) is 0 Å². The monoisotopic (exact) mass is 222 g/mol.